The molecule has 0 amide bonds. The Morgan fingerprint density at radius 1 is 0.971 bits per heavy atom. The van der Waals surface area contributed by atoms with Crippen LogP contribution in [0.3, 0.4) is 0 Å². The number of halogens is 5. The highest BCUT2D eigenvalue weighted by molar-refractivity contribution is 5.89. The smallest absolute Gasteiger partial charge is 0.352 e. The molecule has 0 bridgehead atoms. The highest BCUT2D eigenvalue weighted by atomic mass is 19.4. The number of fused-ring (bicyclic) bond motifs is 1. The molecule has 0 radical (unpaired) electrons. The van der Waals surface area contributed by atoms with Gasteiger partial charge in [0.05, 0.1) is 18.8 Å². The van der Waals surface area contributed by atoms with E-state index in [0.29, 0.717) is 13.2 Å². The lowest BCUT2D eigenvalue weighted by Gasteiger charge is -2.27. The highest BCUT2D eigenvalue weighted by Crippen LogP contribution is 2.29. The molecule has 0 N–H and O–H groups in total. The molecule has 0 aliphatic carbocycles. The van der Waals surface area contributed by atoms with Gasteiger partial charge in [-0.05, 0) is 40.6 Å². The summed E-state index contributed by atoms with van der Waals surface area (Å²) in [6.45, 7) is 4.95. The van der Waals surface area contributed by atoms with Gasteiger partial charge in [-0.1, -0.05) is 48.4 Å². The van der Waals surface area contributed by atoms with Gasteiger partial charge < -0.3 is 9.47 Å². The Balaban J connectivity index is 1.49. The second-order valence-corrected chi connectivity index (χ2v) is 8.06. The maximum absolute atomic E-state index is 14.6. The van der Waals surface area contributed by atoms with E-state index in [4.69, 9.17) is 9.47 Å². The number of rotatable bonds is 5. The van der Waals surface area contributed by atoms with Crippen LogP contribution in [0, 0.1) is 29.4 Å². The SMILES string of the molecule is C=CC1COC(CCc2ccc(-c3ccc4c(F)c(C#CC(F)(F)F)c(F)cc4c3)cc2)OC1. The summed E-state index contributed by atoms with van der Waals surface area (Å²) in [5.74, 6) is 0.445. The Morgan fingerprint density at radius 3 is 2.29 bits per heavy atom. The predicted molar refractivity (Wildman–Crippen MR) is 120 cm³/mol. The molecule has 7 heteroatoms. The molecule has 0 saturated carbocycles. The second-order valence-electron chi connectivity index (χ2n) is 8.06. The summed E-state index contributed by atoms with van der Waals surface area (Å²) >= 11 is 0. The monoisotopic (exact) mass is 472 g/mol. The molecule has 34 heavy (non-hydrogen) atoms. The maximum Gasteiger partial charge on any atom is 0.458 e. The molecule has 3 aromatic rings. The molecule has 1 heterocycles. The van der Waals surface area contributed by atoms with Gasteiger partial charge in [-0.3, -0.25) is 0 Å². The predicted octanol–water partition coefficient (Wildman–Crippen LogP) is 6.81. The number of aryl methyl sites for hydroxylation is 1. The third-order valence-corrected chi connectivity index (χ3v) is 5.64. The quantitative estimate of drug-likeness (QED) is 0.231. The molecule has 0 aromatic heterocycles. The summed E-state index contributed by atoms with van der Waals surface area (Å²) < 4.78 is 77.3. The van der Waals surface area contributed by atoms with E-state index < -0.39 is 23.4 Å². The normalized spacial score (nSPS) is 18.4. The Labute approximate surface area is 194 Å². The zero-order valence-electron chi connectivity index (χ0n) is 18.1. The number of alkyl halides is 3. The van der Waals surface area contributed by atoms with E-state index in [2.05, 4.69) is 6.58 Å². The van der Waals surface area contributed by atoms with Crippen LogP contribution in [0.25, 0.3) is 21.9 Å². The van der Waals surface area contributed by atoms with Crippen molar-refractivity contribution in [2.75, 3.05) is 13.2 Å². The van der Waals surface area contributed by atoms with Crippen molar-refractivity contribution in [1.82, 2.24) is 0 Å². The van der Waals surface area contributed by atoms with Gasteiger partial charge in [-0.25, -0.2) is 8.78 Å². The standard InChI is InChI=1S/C27H21F5O2/c1-2-17-15-33-25(34-16-17)10-5-18-3-6-19(7-4-18)20-8-9-22-21(13-20)14-24(28)23(26(22)29)11-12-27(30,31)32/h2-4,6-9,13-14,17,25H,1,5,10,15-16H2. The summed E-state index contributed by atoms with van der Waals surface area (Å²) in [7, 11) is 0. The van der Waals surface area contributed by atoms with Crippen molar-refractivity contribution in [1.29, 1.82) is 0 Å². The van der Waals surface area contributed by atoms with Crippen molar-refractivity contribution >= 4 is 10.8 Å². The van der Waals surface area contributed by atoms with E-state index in [0.717, 1.165) is 41.5 Å². The van der Waals surface area contributed by atoms with Crippen LogP contribution in [0.2, 0.25) is 0 Å². The number of hydrogen-bond donors (Lipinski definition) is 0. The van der Waals surface area contributed by atoms with Gasteiger partial charge in [0.25, 0.3) is 0 Å². The fourth-order valence-electron chi connectivity index (χ4n) is 3.77. The average molecular weight is 472 g/mol. The topological polar surface area (TPSA) is 18.5 Å². The van der Waals surface area contributed by atoms with Crippen molar-refractivity contribution in [3.8, 4) is 23.0 Å². The highest BCUT2D eigenvalue weighted by Gasteiger charge is 2.24. The zero-order chi connectivity index (χ0) is 24.3. The van der Waals surface area contributed by atoms with E-state index in [-0.39, 0.29) is 23.0 Å². The molecule has 0 unspecified atom stereocenters. The van der Waals surface area contributed by atoms with Gasteiger partial charge in [0.15, 0.2) is 6.29 Å². The van der Waals surface area contributed by atoms with E-state index in [1.54, 1.807) is 18.1 Å². The van der Waals surface area contributed by atoms with Gasteiger partial charge in [0.2, 0.25) is 0 Å². The van der Waals surface area contributed by atoms with Crippen molar-refractivity contribution < 1.29 is 31.4 Å². The van der Waals surface area contributed by atoms with Crippen LogP contribution in [0.1, 0.15) is 17.5 Å². The van der Waals surface area contributed by atoms with Crippen LogP contribution in [0.5, 0.6) is 0 Å². The van der Waals surface area contributed by atoms with E-state index in [1.807, 2.05) is 30.3 Å². The van der Waals surface area contributed by atoms with Crippen LogP contribution in [-0.4, -0.2) is 25.7 Å². The second kappa shape index (κ2) is 9.96. The van der Waals surface area contributed by atoms with Crippen molar-refractivity contribution in [3.63, 3.8) is 0 Å². The molecular formula is C27H21F5O2. The molecule has 2 nitrogen and oxygen atoms in total. The first-order valence-corrected chi connectivity index (χ1v) is 10.7. The van der Waals surface area contributed by atoms with Crippen LogP contribution in [0.15, 0.2) is 61.2 Å². The summed E-state index contributed by atoms with van der Waals surface area (Å²) in [4.78, 5) is 0. The van der Waals surface area contributed by atoms with Gasteiger partial charge in [-0.15, -0.1) is 6.58 Å². The van der Waals surface area contributed by atoms with Crippen molar-refractivity contribution in [2.24, 2.45) is 5.92 Å². The summed E-state index contributed by atoms with van der Waals surface area (Å²) in [6.07, 6.45) is -1.77. The lowest BCUT2D eigenvalue weighted by atomic mass is 9.98. The summed E-state index contributed by atoms with van der Waals surface area (Å²) in [6, 6.07) is 13.4. The van der Waals surface area contributed by atoms with Crippen LogP contribution >= 0.6 is 0 Å². The van der Waals surface area contributed by atoms with E-state index in [1.165, 1.54) is 6.07 Å². The Bertz CT molecular complexity index is 1240. The fraction of sp³-hybridized carbons (Fsp3) is 0.259. The van der Waals surface area contributed by atoms with Gasteiger partial charge in [0, 0.05) is 23.6 Å². The Morgan fingerprint density at radius 2 is 1.65 bits per heavy atom. The molecular weight excluding hydrogens is 451 g/mol. The lowest BCUT2D eigenvalue weighted by Crippen LogP contribution is -2.31. The van der Waals surface area contributed by atoms with Gasteiger partial charge in [-0.2, -0.15) is 13.2 Å². The minimum Gasteiger partial charge on any atom is -0.352 e. The van der Waals surface area contributed by atoms with E-state index in [9.17, 15) is 22.0 Å². The van der Waals surface area contributed by atoms with Crippen LogP contribution < -0.4 is 0 Å². The van der Waals surface area contributed by atoms with Crippen molar-refractivity contribution in [3.05, 3.63) is 83.9 Å². The van der Waals surface area contributed by atoms with Crippen molar-refractivity contribution in [2.45, 2.75) is 25.3 Å². The number of ether oxygens (including phenoxy) is 2. The minimum atomic E-state index is -4.84. The molecule has 1 fully saturated rings. The minimum absolute atomic E-state index is 0.000537. The number of hydrogen-bond acceptors (Lipinski definition) is 2. The first-order valence-electron chi connectivity index (χ1n) is 10.7. The van der Waals surface area contributed by atoms with Gasteiger partial charge in [0.1, 0.15) is 11.6 Å². The molecule has 176 valence electrons. The largest absolute Gasteiger partial charge is 0.458 e. The molecule has 1 saturated heterocycles. The Kier molecular flexibility index (Phi) is 7.01. The van der Waals surface area contributed by atoms with Crippen LogP contribution in [-0.2, 0) is 15.9 Å². The fourth-order valence-corrected chi connectivity index (χ4v) is 3.77. The molecule has 0 spiro atoms. The first kappa shape index (κ1) is 23.9. The third kappa shape index (κ3) is 5.64. The molecule has 4 rings (SSSR count). The Hall–Kier alpha value is -3.21. The zero-order valence-corrected chi connectivity index (χ0v) is 18.1. The van der Waals surface area contributed by atoms with Gasteiger partial charge >= 0.3 is 6.18 Å². The first-order chi connectivity index (χ1) is 16.2. The maximum atomic E-state index is 14.6. The molecule has 0 atom stereocenters. The number of benzene rings is 3. The van der Waals surface area contributed by atoms with E-state index >= 15 is 0 Å². The molecule has 1 aliphatic heterocycles. The average Bonchev–Trinajstić information content (AvgIpc) is 2.82. The van der Waals surface area contributed by atoms with Crippen LogP contribution in [0.4, 0.5) is 22.0 Å². The molecule has 3 aromatic carbocycles. The summed E-state index contributed by atoms with van der Waals surface area (Å²) in [5.41, 5.74) is 1.76. The summed E-state index contributed by atoms with van der Waals surface area (Å²) in [5, 5.41) is 0.234. The third-order valence-electron chi connectivity index (χ3n) is 5.64. The lowest BCUT2D eigenvalue weighted by molar-refractivity contribution is -0.195. The molecule has 1 aliphatic rings.